The van der Waals surface area contributed by atoms with E-state index in [-0.39, 0.29) is 12.5 Å². The van der Waals surface area contributed by atoms with Crippen LogP contribution in [0.2, 0.25) is 0 Å². The van der Waals surface area contributed by atoms with Gasteiger partial charge >= 0.3 is 0 Å². The lowest BCUT2D eigenvalue weighted by molar-refractivity contribution is -0.124. The number of rotatable bonds is 4. The summed E-state index contributed by atoms with van der Waals surface area (Å²) in [6.45, 7) is 1.70. The normalized spacial score (nSPS) is 12.2. The Morgan fingerprint density at radius 1 is 1.37 bits per heavy atom. The van der Waals surface area contributed by atoms with Gasteiger partial charge in [0.2, 0.25) is 5.91 Å². The molecule has 1 N–H and O–H groups in total. The number of halogens is 2. The number of hydrogen-bond donors (Lipinski definition) is 1. The minimum atomic E-state index is -0.673. The topological polar surface area (TPSA) is 59.8 Å². The molecule has 2 rings (SSSR count). The lowest BCUT2D eigenvalue weighted by Crippen LogP contribution is -2.30. The van der Waals surface area contributed by atoms with Crippen molar-refractivity contribution in [3.63, 3.8) is 0 Å². The monoisotopic (exact) mass is 266 g/mol. The van der Waals surface area contributed by atoms with Gasteiger partial charge in [-0.1, -0.05) is 0 Å². The van der Waals surface area contributed by atoms with Crippen molar-refractivity contribution < 1.29 is 13.6 Å². The van der Waals surface area contributed by atoms with Crippen molar-refractivity contribution >= 4 is 5.91 Å². The lowest BCUT2D eigenvalue weighted by atomic mass is 10.2. The molecule has 5 nitrogen and oxygen atoms in total. The average molecular weight is 266 g/mol. The SMILES string of the molecule is C[C@@H](C(=O)NCc1cc(F)cc(F)c1)n1cncn1. The van der Waals surface area contributed by atoms with Crippen LogP contribution in [-0.4, -0.2) is 20.7 Å². The molecular formula is C12H12F2N4O. The Labute approximate surface area is 108 Å². The van der Waals surface area contributed by atoms with Gasteiger partial charge in [0.25, 0.3) is 0 Å². The summed E-state index contributed by atoms with van der Waals surface area (Å²) in [5, 5.41) is 6.43. The molecule has 1 atom stereocenters. The standard InChI is InChI=1S/C12H12F2N4O/c1-8(18-7-15-6-17-18)12(19)16-5-9-2-10(13)4-11(14)3-9/h2-4,6-8H,5H2,1H3,(H,16,19)/t8-/m0/s1. The van der Waals surface area contributed by atoms with Crippen LogP contribution >= 0.6 is 0 Å². The van der Waals surface area contributed by atoms with Crippen LogP contribution in [0.25, 0.3) is 0 Å². The Balaban J connectivity index is 1.96. The van der Waals surface area contributed by atoms with Crippen LogP contribution in [-0.2, 0) is 11.3 Å². The molecule has 0 bridgehead atoms. The van der Waals surface area contributed by atoms with Gasteiger partial charge in [-0.15, -0.1) is 0 Å². The fourth-order valence-corrected chi connectivity index (χ4v) is 1.59. The highest BCUT2D eigenvalue weighted by Gasteiger charge is 2.14. The molecule has 0 aliphatic carbocycles. The fourth-order valence-electron chi connectivity index (χ4n) is 1.59. The third-order valence-electron chi connectivity index (χ3n) is 2.60. The molecule has 0 unspecified atom stereocenters. The highest BCUT2D eigenvalue weighted by molar-refractivity contribution is 5.79. The first-order chi connectivity index (χ1) is 9.06. The number of benzene rings is 1. The van der Waals surface area contributed by atoms with Crippen molar-refractivity contribution in [2.75, 3.05) is 0 Å². The third-order valence-corrected chi connectivity index (χ3v) is 2.60. The Morgan fingerprint density at radius 2 is 2.05 bits per heavy atom. The molecule has 0 spiro atoms. The first kappa shape index (κ1) is 13.1. The molecule has 1 aromatic carbocycles. The molecule has 0 fully saturated rings. The van der Waals surface area contributed by atoms with Gasteiger partial charge in [-0.2, -0.15) is 5.10 Å². The van der Waals surface area contributed by atoms with Gasteiger partial charge in [-0.3, -0.25) is 4.79 Å². The minimum Gasteiger partial charge on any atom is -0.350 e. The van der Waals surface area contributed by atoms with Gasteiger partial charge in [0.1, 0.15) is 30.3 Å². The third kappa shape index (κ3) is 3.34. The van der Waals surface area contributed by atoms with Crippen molar-refractivity contribution in [2.24, 2.45) is 0 Å². The van der Waals surface area contributed by atoms with Crippen LogP contribution in [0.4, 0.5) is 8.78 Å². The number of hydrogen-bond acceptors (Lipinski definition) is 3. The van der Waals surface area contributed by atoms with Crippen LogP contribution in [0, 0.1) is 11.6 Å². The molecule has 7 heteroatoms. The van der Waals surface area contributed by atoms with E-state index in [1.54, 1.807) is 6.92 Å². The number of carbonyl (C=O) groups is 1. The Morgan fingerprint density at radius 3 is 2.63 bits per heavy atom. The van der Waals surface area contributed by atoms with Gasteiger partial charge < -0.3 is 5.32 Å². The zero-order valence-corrected chi connectivity index (χ0v) is 10.2. The maximum Gasteiger partial charge on any atom is 0.244 e. The van der Waals surface area contributed by atoms with Gasteiger partial charge in [0, 0.05) is 12.6 Å². The van der Waals surface area contributed by atoms with Gasteiger partial charge in [0.15, 0.2) is 0 Å². The molecular weight excluding hydrogens is 254 g/mol. The molecule has 0 radical (unpaired) electrons. The first-order valence-corrected chi connectivity index (χ1v) is 5.63. The van der Waals surface area contributed by atoms with E-state index in [1.165, 1.54) is 29.5 Å². The summed E-state index contributed by atoms with van der Waals surface area (Å²) >= 11 is 0. The van der Waals surface area contributed by atoms with E-state index in [2.05, 4.69) is 15.4 Å². The van der Waals surface area contributed by atoms with Crippen molar-refractivity contribution in [1.82, 2.24) is 20.1 Å². The Bertz CT molecular complexity index is 551. The zero-order chi connectivity index (χ0) is 13.8. The van der Waals surface area contributed by atoms with Crippen molar-refractivity contribution in [3.8, 4) is 0 Å². The largest absolute Gasteiger partial charge is 0.350 e. The maximum absolute atomic E-state index is 13.0. The predicted molar refractivity (Wildman–Crippen MR) is 62.9 cm³/mol. The molecule has 0 aliphatic heterocycles. The highest BCUT2D eigenvalue weighted by Crippen LogP contribution is 2.08. The summed E-state index contributed by atoms with van der Waals surface area (Å²) in [5.41, 5.74) is 0.358. The molecule has 0 saturated carbocycles. The number of nitrogens with zero attached hydrogens (tertiary/aromatic N) is 3. The summed E-state index contributed by atoms with van der Waals surface area (Å²) in [6, 6.07) is 2.58. The molecule has 1 heterocycles. The molecule has 0 saturated heterocycles. The van der Waals surface area contributed by atoms with Gasteiger partial charge in [-0.05, 0) is 24.6 Å². The van der Waals surface area contributed by atoms with Crippen molar-refractivity contribution in [3.05, 3.63) is 48.1 Å². The number of nitrogens with one attached hydrogen (secondary N) is 1. The molecule has 19 heavy (non-hydrogen) atoms. The van der Waals surface area contributed by atoms with Crippen LogP contribution < -0.4 is 5.32 Å². The second kappa shape index (κ2) is 5.55. The van der Waals surface area contributed by atoms with Gasteiger partial charge in [-0.25, -0.2) is 18.4 Å². The Kier molecular flexibility index (Phi) is 3.84. The maximum atomic E-state index is 13.0. The first-order valence-electron chi connectivity index (χ1n) is 5.63. The summed E-state index contributed by atoms with van der Waals surface area (Å²) in [4.78, 5) is 15.5. The van der Waals surface area contributed by atoms with Crippen LogP contribution in [0.15, 0.2) is 30.9 Å². The van der Waals surface area contributed by atoms with Gasteiger partial charge in [0.05, 0.1) is 0 Å². The summed E-state index contributed by atoms with van der Waals surface area (Å²) in [7, 11) is 0. The molecule has 0 aliphatic rings. The quantitative estimate of drug-likeness (QED) is 0.910. The minimum absolute atomic E-state index is 0.0482. The summed E-state index contributed by atoms with van der Waals surface area (Å²) in [5.74, 6) is -1.66. The second-order valence-corrected chi connectivity index (χ2v) is 4.05. The number of carbonyl (C=O) groups excluding carboxylic acids is 1. The van der Waals surface area contributed by atoms with E-state index in [4.69, 9.17) is 0 Å². The van der Waals surface area contributed by atoms with E-state index in [0.29, 0.717) is 5.56 Å². The molecule has 100 valence electrons. The highest BCUT2D eigenvalue weighted by atomic mass is 19.1. The van der Waals surface area contributed by atoms with E-state index >= 15 is 0 Å². The molecule has 2 aromatic rings. The Hall–Kier alpha value is -2.31. The van der Waals surface area contributed by atoms with Crippen molar-refractivity contribution in [1.29, 1.82) is 0 Å². The number of amides is 1. The fraction of sp³-hybridized carbons (Fsp3) is 0.250. The van der Waals surface area contributed by atoms with Crippen LogP contribution in [0.3, 0.4) is 0 Å². The van der Waals surface area contributed by atoms with E-state index in [0.717, 1.165) is 6.07 Å². The summed E-state index contributed by atoms with van der Waals surface area (Å²) < 4.78 is 27.3. The zero-order valence-electron chi connectivity index (χ0n) is 10.2. The van der Waals surface area contributed by atoms with E-state index < -0.39 is 17.7 Å². The smallest absolute Gasteiger partial charge is 0.244 e. The lowest BCUT2D eigenvalue weighted by Gasteiger charge is -2.12. The molecule has 1 amide bonds. The van der Waals surface area contributed by atoms with E-state index in [1.807, 2.05) is 0 Å². The predicted octanol–water partition coefficient (Wildman–Crippen LogP) is 1.43. The molecule has 1 aromatic heterocycles. The van der Waals surface area contributed by atoms with Crippen molar-refractivity contribution in [2.45, 2.75) is 19.5 Å². The summed E-state index contributed by atoms with van der Waals surface area (Å²) in [6.07, 6.45) is 2.75. The average Bonchev–Trinajstić information content (AvgIpc) is 2.87. The van der Waals surface area contributed by atoms with E-state index in [9.17, 15) is 13.6 Å². The second-order valence-electron chi connectivity index (χ2n) is 4.05. The number of aromatic nitrogens is 3. The van der Waals surface area contributed by atoms with Crippen LogP contribution in [0.1, 0.15) is 18.5 Å². The van der Waals surface area contributed by atoms with Crippen LogP contribution in [0.5, 0.6) is 0 Å².